The van der Waals surface area contributed by atoms with Crippen LogP contribution in [0.5, 0.6) is 0 Å². The molecule has 6 atom stereocenters. The van der Waals surface area contributed by atoms with Crippen molar-refractivity contribution in [1.29, 1.82) is 0 Å². The molecule has 3 rings (SSSR count). The maximum absolute atomic E-state index is 5.94. The average Bonchev–Trinajstić information content (AvgIpc) is 2.98. The van der Waals surface area contributed by atoms with E-state index in [1.807, 2.05) is 0 Å². The highest BCUT2D eigenvalue weighted by Gasteiger charge is 2.53. The van der Waals surface area contributed by atoms with E-state index in [9.17, 15) is 0 Å². The molecular weight excluding hydrogens is 226 g/mol. The first-order valence-corrected chi connectivity index (χ1v) is 7.70. The van der Waals surface area contributed by atoms with Crippen molar-refractivity contribution in [3.05, 3.63) is 0 Å². The summed E-state index contributed by atoms with van der Waals surface area (Å²) in [7, 11) is 0. The molecule has 3 fully saturated rings. The van der Waals surface area contributed by atoms with Gasteiger partial charge in [-0.2, -0.15) is 0 Å². The number of rotatable bonds is 5. The van der Waals surface area contributed by atoms with Gasteiger partial charge in [-0.3, -0.25) is 0 Å². The summed E-state index contributed by atoms with van der Waals surface area (Å²) in [5.41, 5.74) is 0.317. The molecule has 0 amide bonds. The van der Waals surface area contributed by atoms with Crippen LogP contribution in [-0.4, -0.2) is 37.0 Å². The van der Waals surface area contributed by atoms with Crippen LogP contribution in [0, 0.1) is 5.41 Å². The molecule has 2 heterocycles. The average molecular weight is 253 g/mol. The van der Waals surface area contributed by atoms with Crippen LogP contribution in [-0.2, 0) is 9.47 Å². The van der Waals surface area contributed by atoms with E-state index in [0.29, 0.717) is 35.8 Å². The van der Waals surface area contributed by atoms with Crippen LogP contribution in [0.1, 0.15) is 52.9 Å². The fourth-order valence-corrected chi connectivity index (χ4v) is 4.08. The van der Waals surface area contributed by atoms with Gasteiger partial charge in [-0.15, -0.1) is 0 Å². The topological polar surface area (TPSA) is 30.5 Å². The van der Waals surface area contributed by atoms with Crippen molar-refractivity contribution in [3.63, 3.8) is 0 Å². The van der Waals surface area contributed by atoms with Crippen molar-refractivity contribution < 1.29 is 9.47 Å². The SMILES string of the molecule is CCOC1CC(NC2CC3CCC2O3)C1(C)CC. The van der Waals surface area contributed by atoms with Crippen LogP contribution in [0.15, 0.2) is 0 Å². The normalized spacial score (nSPS) is 50.5. The number of ether oxygens (including phenoxy) is 2. The number of nitrogens with one attached hydrogen (secondary N) is 1. The van der Waals surface area contributed by atoms with Crippen molar-refractivity contribution in [2.45, 2.75) is 83.3 Å². The largest absolute Gasteiger partial charge is 0.378 e. The molecule has 104 valence electrons. The number of fused-ring (bicyclic) bond motifs is 2. The molecule has 0 radical (unpaired) electrons. The third-order valence-electron chi connectivity index (χ3n) is 5.63. The van der Waals surface area contributed by atoms with Gasteiger partial charge in [0.15, 0.2) is 0 Å². The zero-order chi connectivity index (χ0) is 12.8. The van der Waals surface area contributed by atoms with E-state index < -0.39 is 0 Å². The molecule has 2 bridgehead atoms. The minimum absolute atomic E-state index is 0.317. The van der Waals surface area contributed by atoms with Crippen LogP contribution in [0.4, 0.5) is 0 Å². The molecule has 1 N–H and O–H groups in total. The third-order valence-corrected chi connectivity index (χ3v) is 5.63. The third kappa shape index (κ3) is 1.91. The van der Waals surface area contributed by atoms with Gasteiger partial charge >= 0.3 is 0 Å². The molecule has 3 nitrogen and oxygen atoms in total. The van der Waals surface area contributed by atoms with Crippen LogP contribution >= 0.6 is 0 Å². The van der Waals surface area contributed by atoms with Gasteiger partial charge in [0, 0.05) is 24.1 Å². The fourth-order valence-electron chi connectivity index (χ4n) is 4.08. The van der Waals surface area contributed by atoms with E-state index in [1.165, 1.54) is 32.1 Å². The minimum atomic E-state index is 0.317. The highest BCUT2D eigenvalue weighted by Crippen LogP contribution is 2.47. The molecule has 6 unspecified atom stereocenters. The lowest BCUT2D eigenvalue weighted by atomic mass is 9.61. The van der Waals surface area contributed by atoms with Crippen molar-refractivity contribution in [1.82, 2.24) is 5.32 Å². The molecule has 3 heteroatoms. The Morgan fingerprint density at radius 1 is 1.28 bits per heavy atom. The summed E-state index contributed by atoms with van der Waals surface area (Å²) in [4.78, 5) is 0. The smallest absolute Gasteiger partial charge is 0.0733 e. The lowest BCUT2D eigenvalue weighted by Gasteiger charge is -2.54. The van der Waals surface area contributed by atoms with Crippen molar-refractivity contribution in [3.8, 4) is 0 Å². The lowest BCUT2D eigenvalue weighted by Crippen LogP contribution is -2.64. The molecule has 0 spiro atoms. The molecule has 1 saturated carbocycles. The second kappa shape index (κ2) is 4.77. The molecule has 0 aromatic rings. The summed E-state index contributed by atoms with van der Waals surface area (Å²) in [6.07, 6.45) is 7.60. The van der Waals surface area contributed by atoms with Gasteiger partial charge in [-0.25, -0.2) is 0 Å². The Balaban J connectivity index is 1.57. The van der Waals surface area contributed by atoms with Gasteiger partial charge in [0.1, 0.15) is 0 Å². The van der Waals surface area contributed by atoms with E-state index in [-0.39, 0.29) is 0 Å². The molecular formula is C15H27NO2. The fraction of sp³-hybridized carbons (Fsp3) is 1.00. The second-order valence-corrected chi connectivity index (χ2v) is 6.47. The summed E-state index contributed by atoms with van der Waals surface area (Å²) < 4.78 is 11.8. The van der Waals surface area contributed by atoms with Crippen LogP contribution in [0.25, 0.3) is 0 Å². The predicted molar refractivity (Wildman–Crippen MR) is 71.7 cm³/mol. The Hall–Kier alpha value is -0.120. The number of hydrogen-bond donors (Lipinski definition) is 1. The minimum Gasteiger partial charge on any atom is -0.378 e. The van der Waals surface area contributed by atoms with E-state index in [0.717, 1.165) is 6.61 Å². The van der Waals surface area contributed by atoms with Crippen molar-refractivity contribution >= 4 is 0 Å². The van der Waals surface area contributed by atoms with E-state index in [1.54, 1.807) is 0 Å². The summed E-state index contributed by atoms with van der Waals surface area (Å²) in [6, 6.07) is 1.22. The van der Waals surface area contributed by atoms with E-state index >= 15 is 0 Å². The van der Waals surface area contributed by atoms with Gasteiger partial charge in [0.05, 0.1) is 18.3 Å². The first-order valence-electron chi connectivity index (χ1n) is 7.70. The Kier molecular flexibility index (Phi) is 3.41. The Morgan fingerprint density at radius 3 is 2.67 bits per heavy atom. The highest BCUT2D eigenvalue weighted by atomic mass is 16.5. The quantitative estimate of drug-likeness (QED) is 0.816. The molecule has 18 heavy (non-hydrogen) atoms. The summed E-state index contributed by atoms with van der Waals surface area (Å²) >= 11 is 0. The maximum atomic E-state index is 5.94. The zero-order valence-corrected chi connectivity index (χ0v) is 11.9. The Bertz CT molecular complexity index is 309. The molecule has 3 aliphatic rings. The standard InChI is InChI=1S/C15H27NO2/c1-4-15(3)13(9-14(15)17-5-2)16-11-8-10-6-7-12(11)18-10/h10-14,16H,4-9H2,1-3H3. The first kappa shape index (κ1) is 12.9. The summed E-state index contributed by atoms with van der Waals surface area (Å²) in [5, 5.41) is 3.87. The van der Waals surface area contributed by atoms with Crippen LogP contribution in [0.2, 0.25) is 0 Å². The van der Waals surface area contributed by atoms with Gasteiger partial charge in [0.2, 0.25) is 0 Å². The molecule has 2 aliphatic heterocycles. The monoisotopic (exact) mass is 253 g/mol. The predicted octanol–water partition coefficient (Wildman–Crippen LogP) is 2.49. The Morgan fingerprint density at radius 2 is 2.11 bits per heavy atom. The maximum Gasteiger partial charge on any atom is 0.0733 e. The number of hydrogen-bond acceptors (Lipinski definition) is 3. The molecule has 0 aromatic carbocycles. The van der Waals surface area contributed by atoms with Gasteiger partial charge in [0.25, 0.3) is 0 Å². The van der Waals surface area contributed by atoms with Crippen LogP contribution in [0.3, 0.4) is 0 Å². The van der Waals surface area contributed by atoms with Gasteiger partial charge in [-0.05, 0) is 39.0 Å². The Labute approximate surface area is 111 Å². The highest BCUT2D eigenvalue weighted by molar-refractivity contribution is 5.07. The zero-order valence-electron chi connectivity index (χ0n) is 11.9. The molecule has 1 aliphatic carbocycles. The molecule has 2 saturated heterocycles. The summed E-state index contributed by atoms with van der Waals surface area (Å²) in [6.45, 7) is 7.60. The van der Waals surface area contributed by atoms with E-state index in [4.69, 9.17) is 9.47 Å². The second-order valence-electron chi connectivity index (χ2n) is 6.47. The summed E-state index contributed by atoms with van der Waals surface area (Å²) in [5.74, 6) is 0. The lowest BCUT2D eigenvalue weighted by molar-refractivity contribution is -0.129. The molecule has 0 aromatic heterocycles. The van der Waals surface area contributed by atoms with Crippen LogP contribution < -0.4 is 5.32 Å². The van der Waals surface area contributed by atoms with Crippen molar-refractivity contribution in [2.75, 3.05) is 6.61 Å². The van der Waals surface area contributed by atoms with Crippen molar-refractivity contribution in [2.24, 2.45) is 5.41 Å². The van der Waals surface area contributed by atoms with Gasteiger partial charge < -0.3 is 14.8 Å². The van der Waals surface area contributed by atoms with Gasteiger partial charge in [-0.1, -0.05) is 13.8 Å². The van der Waals surface area contributed by atoms with E-state index in [2.05, 4.69) is 26.1 Å². The first-order chi connectivity index (χ1) is 8.67.